The molecule has 2 rings (SSSR count). The zero-order valence-electron chi connectivity index (χ0n) is 17.1. The van der Waals surface area contributed by atoms with E-state index < -0.39 is 47.7 Å². The molecule has 2 unspecified atom stereocenters. The van der Waals surface area contributed by atoms with Crippen LogP contribution in [0.4, 0.5) is 0 Å². The molecule has 12 heteroatoms. The second-order valence-electron chi connectivity index (χ2n) is 6.59. The topological polar surface area (TPSA) is 137 Å². The molecule has 0 N–H and O–H groups in total. The fourth-order valence-corrected chi connectivity index (χ4v) is 4.50. The molecule has 0 aromatic heterocycles. The lowest BCUT2D eigenvalue weighted by molar-refractivity contribution is -0.201. The number of ether oxygens (including phenoxy) is 4. The average Bonchev–Trinajstić information content (AvgIpc) is 2.69. The maximum absolute atomic E-state index is 11.7. The minimum atomic E-state index is -1.13. The van der Waals surface area contributed by atoms with Crippen LogP contribution in [0.15, 0.2) is 29.4 Å². The van der Waals surface area contributed by atoms with E-state index in [-0.39, 0.29) is 6.61 Å². The van der Waals surface area contributed by atoms with Crippen molar-refractivity contribution in [2.24, 2.45) is 5.11 Å². The number of azide groups is 1. The molecule has 1 aromatic carbocycles. The molecule has 1 fully saturated rings. The van der Waals surface area contributed by atoms with Gasteiger partial charge in [-0.05, 0) is 17.2 Å². The highest BCUT2D eigenvalue weighted by atomic mass is 35.5. The van der Waals surface area contributed by atoms with Crippen molar-refractivity contribution >= 4 is 41.3 Å². The first-order chi connectivity index (χ1) is 14.7. The van der Waals surface area contributed by atoms with Crippen LogP contribution in [0.5, 0.6) is 0 Å². The molecular formula is C19H22ClN3O7S. The zero-order valence-corrected chi connectivity index (χ0v) is 18.7. The number of benzene rings is 1. The molecule has 0 aliphatic carbocycles. The number of esters is 3. The normalized spacial score (nSPS) is 25.1. The monoisotopic (exact) mass is 471 g/mol. The Hall–Kier alpha value is -2.46. The summed E-state index contributed by atoms with van der Waals surface area (Å²) in [4.78, 5) is 37.5. The molecule has 5 atom stereocenters. The van der Waals surface area contributed by atoms with Gasteiger partial charge in [0.25, 0.3) is 0 Å². The third kappa shape index (κ3) is 7.32. The summed E-state index contributed by atoms with van der Waals surface area (Å²) in [6, 6.07) is 6.10. The van der Waals surface area contributed by atoms with Gasteiger partial charge in [0.2, 0.25) is 0 Å². The molecule has 1 saturated heterocycles. The highest BCUT2D eigenvalue weighted by molar-refractivity contribution is 7.99. The van der Waals surface area contributed by atoms with Gasteiger partial charge in [-0.25, -0.2) is 0 Å². The van der Waals surface area contributed by atoms with Crippen LogP contribution in [0.1, 0.15) is 26.3 Å². The molecule has 10 nitrogen and oxygen atoms in total. The van der Waals surface area contributed by atoms with Crippen LogP contribution in [0.2, 0.25) is 5.02 Å². The molecule has 0 bridgehead atoms. The summed E-state index contributed by atoms with van der Waals surface area (Å²) in [7, 11) is 0. The van der Waals surface area contributed by atoms with Crippen LogP contribution in [-0.4, -0.2) is 54.3 Å². The van der Waals surface area contributed by atoms with Gasteiger partial charge < -0.3 is 18.9 Å². The first-order valence-electron chi connectivity index (χ1n) is 9.25. The van der Waals surface area contributed by atoms with E-state index >= 15 is 0 Å². The summed E-state index contributed by atoms with van der Waals surface area (Å²) in [5, 5.41) is 4.27. The quantitative estimate of drug-likeness (QED) is 0.185. The van der Waals surface area contributed by atoms with Gasteiger partial charge in [-0.1, -0.05) is 34.9 Å². The second-order valence-corrected chi connectivity index (χ2v) is 8.09. The van der Waals surface area contributed by atoms with E-state index in [1.807, 2.05) is 12.1 Å². The van der Waals surface area contributed by atoms with Crippen LogP contribution in [0, 0.1) is 0 Å². The van der Waals surface area contributed by atoms with Gasteiger partial charge in [0, 0.05) is 36.5 Å². The van der Waals surface area contributed by atoms with Crippen LogP contribution >= 0.6 is 23.4 Å². The Morgan fingerprint density at radius 1 is 1.13 bits per heavy atom. The smallest absolute Gasteiger partial charge is 0.303 e. The Balaban J connectivity index is 2.36. The summed E-state index contributed by atoms with van der Waals surface area (Å²) in [6.45, 7) is 3.35. The lowest BCUT2D eigenvalue weighted by Crippen LogP contribution is -2.59. The third-order valence-corrected chi connectivity index (χ3v) is 5.77. The van der Waals surface area contributed by atoms with E-state index in [0.717, 1.165) is 5.56 Å². The molecule has 0 radical (unpaired) electrons. The average molecular weight is 472 g/mol. The fourth-order valence-electron chi connectivity index (χ4n) is 3.00. The summed E-state index contributed by atoms with van der Waals surface area (Å²) in [6.07, 6.45) is -3.13. The van der Waals surface area contributed by atoms with Gasteiger partial charge in [0.05, 0.1) is 0 Å². The summed E-state index contributed by atoms with van der Waals surface area (Å²) >= 11 is 7.47. The number of carbonyl (C=O) groups is 3. The largest absolute Gasteiger partial charge is 0.463 e. The molecule has 1 heterocycles. The number of hydrogen-bond acceptors (Lipinski definition) is 9. The van der Waals surface area contributed by atoms with Crippen LogP contribution in [-0.2, 0) is 39.1 Å². The van der Waals surface area contributed by atoms with Crippen molar-refractivity contribution in [3.63, 3.8) is 0 Å². The molecule has 1 aromatic rings. The second kappa shape index (κ2) is 11.8. The number of rotatable bonds is 8. The minimum Gasteiger partial charge on any atom is -0.463 e. The van der Waals surface area contributed by atoms with Gasteiger partial charge in [-0.2, -0.15) is 0 Å². The highest BCUT2D eigenvalue weighted by Crippen LogP contribution is 2.36. The van der Waals surface area contributed by atoms with Gasteiger partial charge >= 0.3 is 17.9 Å². The number of halogens is 1. The van der Waals surface area contributed by atoms with E-state index in [1.165, 1.54) is 32.5 Å². The van der Waals surface area contributed by atoms with Crippen molar-refractivity contribution in [1.29, 1.82) is 0 Å². The summed E-state index contributed by atoms with van der Waals surface area (Å²) < 4.78 is 21.7. The summed E-state index contributed by atoms with van der Waals surface area (Å²) in [5.41, 5.74) is 9.09. The maximum Gasteiger partial charge on any atom is 0.303 e. The predicted molar refractivity (Wildman–Crippen MR) is 112 cm³/mol. The van der Waals surface area contributed by atoms with Crippen molar-refractivity contribution in [3.8, 4) is 0 Å². The lowest BCUT2D eigenvalue weighted by Gasteiger charge is -2.43. The SMILES string of the molecule is CC(=O)OCC1O[C@H](SCc2ccccc2Cl)[C@@H](OC(C)=O)C(N=[N+]=[N-])[C@H]1OC(C)=O. The fraction of sp³-hybridized carbons (Fsp3) is 0.526. The predicted octanol–water partition coefficient (Wildman–Crippen LogP) is 3.40. The third-order valence-electron chi connectivity index (χ3n) is 4.22. The standard InChI is InChI=1S/C19H22ClN3O7S/c1-10(24)27-8-15-17(28-11(2)25)16(22-23-21)18(29-12(3)26)19(30-15)31-9-13-6-4-5-7-14(13)20/h4-7,15-19H,8-9H2,1-3H3/t15?,16?,17-,18-,19+/m0/s1. The van der Waals surface area contributed by atoms with Crippen molar-refractivity contribution in [2.45, 2.75) is 56.3 Å². The van der Waals surface area contributed by atoms with Crippen molar-refractivity contribution in [1.82, 2.24) is 0 Å². The molecule has 1 aliphatic heterocycles. The Bertz CT molecular complexity index is 865. The van der Waals surface area contributed by atoms with Gasteiger partial charge in [-0.15, -0.1) is 11.8 Å². The van der Waals surface area contributed by atoms with Gasteiger partial charge in [0.15, 0.2) is 0 Å². The van der Waals surface area contributed by atoms with E-state index in [4.69, 9.17) is 36.1 Å². The Morgan fingerprint density at radius 2 is 1.77 bits per heavy atom. The molecule has 0 amide bonds. The number of hydrogen-bond donors (Lipinski definition) is 0. The van der Waals surface area contributed by atoms with E-state index in [0.29, 0.717) is 10.8 Å². The van der Waals surface area contributed by atoms with E-state index in [2.05, 4.69) is 10.0 Å². The van der Waals surface area contributed by atoms with Crippen molar-refractivity contribution < 1.29 is 33.3 Å². The van der Waals surface area contributed by atoms with Crippen molar-refractivity contribution in [2.75, 3.05) is 6.61 Å². The lowest BCUT2D eigenvalue weighted by atomic mass is 9.97. The maximum atomic E-state index is 11.7. The molecule has 0 spiro atoms. The Labute approximate surface area is 188 Å². The van der Waals surface area contributed by atoms with Crippen LogP contribution in [0.25, 0.3) is 10.4 Å². The molecular weight excluding hydrogens is 450 g/mol. The summed E-state index contributed by atoms with van der Waals surface area (Å²) in [5.74, 6) is -1.46. The molecule has 0 saturated carbocycles. The first-order valence-corrected chi connectivity index (χ1v) is 10.7. The number of nitrogens with zero attached hydrogens (tertiary/aromatic N) is 3. The molecule has 1 aliphatic rings. The van der Waals surface area contributed by atoms with Crippen molar-refractivity contribution in [3.05, 3.63) is 45.3 Å². The van der Waals surface area contributed by atoms with E-state index in [1.54, 1.807) is 12.1 Å². The zero-order chi connectivity index (χ0) is 23.0. The van der Waals surface area contributed by atoms with E-state index in [9.17, 15) is 14.4 Å². The van der Waals surface area contributed by atoms with Gasteiger partial charge in [-0.3, -0.25) is 14.4 Å². The molecule has 168 valence electrons. The Kier molecular flexibility index (Phi) is 9.44. The Morgan fingerprint density at radius 3 is 2.35 bits per heavy atom. The van der Waals surface area contributed by atoms with Crippen LogP contribution < -0.4 is 0 Å². The first kappa shape index (κ1) is 24.8. The minimum absolute atomic E-state index is 0.249. The van der Waals surface area contributed by atoms with Crippen LogP contribution in [0.3, 0.4) is 0 Å². The van der Waals surface area contributed by atoms with Gasteiger partial charge in [0.1, 0.15) is 36.4 Å². The number of thioether (sulfide) groups is 1. The molecule has 31 heavy (non-hydrogen) atoms. The highest BCUT2D eigenvalue weighted by Gasteiger charge is 2.50. The number of carbonyl (C=O) groups excluding carboxylic acids is 3.